The van der Waals surface area contributed by atoms with E-state index in [0.29, 0.717) is 23.3 Å². The number of aryl methyl sites for hydroxylation is 1. The first-order valence-corrected chi connectivity index (χ1v) is 10.9. The lowest BCUT2D eigenvalue weighted by molar-refractivity contribution is 0.320. The summed E-state index contributed by atoms with van der Waals surface area (Å²) in [6, 6.07) is 16.0. The van der Waals surface area contributed by atoms with E-state index in [2.05, 4.69) is 0 Å². The molecule has 1 nitrogen and oxygen atoms in total. The standard InChI is InChI=1S/C27H27F3O/c1-3-31-25-15-12-21(16-24(25)28)18-8-10-20(11-9-18)23-14-13-22(26(29)27(23)30)19-6-4-17(2)5-7-19/h4-7,12-16,18,20H,3,8-11H2,1-2H3. The molecule has 0 spiro atoms. The Hall–Kier alpha value is -2.75. The fourth-order valence-electron chi connectivity index (χ4n) is 4.62. The minimum atomic E-state index is -0.780. The Labute approximate surface area is 181 Å². The Morgan fingerprint density at radius 1 is 0.806 bits per heavy atom. The maximum atomic E-state index is 15.0. The second kappa shape index (κ2) is 9.17. The van der Waals surface area contributed by atoms with E-state index in [1.807, 2.05) is 44.2 Å². The molecule has 0 heterocycles. The molecule has 4 rings (SSSR count). The molecule has 0 saturated heterocycles. The van der Waals surface area contributed by atoms with E-state index in [4.69, 9.17) is 4.74 Å². The first kappa shape index (κ1) is 21.5. The first-order valence-electron chi connectivity index (χ1n) is 10.9. The van der Waals surface area contributed by atoms with Crippen LogP contribution >= 0.6 is 0 Å². The van der Waals surface area contributed by atoms with Crippen LogP contribution in [0.5, 0.6) is 5.75 Å². The van der Waals surface area contributed by atoms with Crippen LogP contribution in [-0.4, -0.2) is 6.61 Å². The van der Waals surface area contributed by atoms with Gasteiger partial charge in [0.25, 0.3) is 0 Å². The van der Waals surface area contributed by atoms with Crippen molar-refractivity contribution >= 4 is 0 Å². The SMILES string of the molecule is CCOc1ccc(C2CCC(c3ccc(-c4ccc(C)cc4)c(F)c3F)CC2)cc1F. The Morgan fingerprint density at radius 2 is 1.48 bits per heavy atom. The van der Waals surface area contributed by atoms with E-state index in [1.165, 1.54) is 0 Å². The van der Waals surface area contributed by atoms with Gasteiger partial charge in [-0.2, -0.15) is 0 Å². The summed E-state index contributed by atoms with van der Waals surface area (Å²) in [6.45, 7) is 4.21. The van der Waals surface area contributed by atoms with Crippen molar-refractivity contribution < 1.29 is 17.9 Å². The van der Waals surface area contributed by atoms with Crippen LogP contribution in [0.4, 0.5) is 13.2 Å². The van der Waals surface area contributed by atoms with Gasteiger partial charge in [0.2, 0.25) is 0 Å². The van der Waals surface area contributed by atoms with Crippen LogP contribution in [0.25, 0.3) is 11.1 Å². The van der Waals surface area contributed by atoms with Crippen LogP contribution < -0.4 is 4.74 Å². The molecular formula is C27H27F3O. The summed E-state index contributed by atoms with van der Waals surface area (Å²) in [7, 11) is 0. The van der Waals surface area contributed by atoms with E-state index in [0.717, 1.165) is 36.8 Å². The molecule has 31 heavy (non-hydrogen) atoms. The Morgan fingerprint density at radius 3 is 2.13 bits per heavy atom. The summed E-state index contributed by atoms with van der Waals surface area (Å²) in [5, 5.41) is 0. The quantitative estimate of drug-likeness (QED) is 0.404. The maximum Gasteiger partial charge on any atom is 0.166 e. The largest absolute Gasteiger partial charge is 0.491 e. The van der Waals surface area contributed by atoms with Crippen LogP contribution in [0, 0.1) is 24.4 Å². The predicted molar refractivity (Wildman–Crippen MR) is 118 cm³/mol. The molecule has 0 bridgehead atoms. The highest BCUT2D eigenvalue weighted by atomic mass is 19.2. The number of halogens is 3. The first-order chi connectivity index (χ1) is 15.0. The maximum absolute atomic E-state index is 15.0. The molecule has 1 fully saturated rings. The van der Waals surface area contributed by atoms with Crippen LogP contribution in [-0.2, 0) is 0 Å². The van der Waals surface area contributed by atoms with Crippen molar-refractivity contribution in [3.05, 3.63) is 88.7 Å². The third-order valence-electron chi connectivity index (χ3n) is 6.37. The van der Waals surface area contributed by atoms with Gasteiger partial charge in [-0.1, -0.05) is 48.0 Å². The zero-order chi connectivity index (χ0) is 22.0. The number of benzene rings is 3. The van der Waals surface area contributed by atoms with E-state index in [-0.39, 0.29) is 23.4 Å². The number of hydrogen-bond donors (Lipinski definition) is 0. The smallest absolute Gasteiger partial charge is 0.166 e. The van der Waals surface area contributed by atoms with Crippen LogP contribution in [0.3, 0.4) is 0 Å². The molecule has 0 amide bonds. The molecule has 1 saturated carbocycles. The summed E-state index contributed by atoms with van der Waals surface area (Å²) in [5.74, 6) is -1.40. The van der Waals surface area contributed by atoms with E-state index < -0.39 is 11.6 Å². The van der Waals surface area contributed by atoms with Gasteiger partial charge in [0.05, 0.1) is 6.61 Å². The van der Waals surface area contributed by atoms with E-state index in [9.17, 15) is 13.2 Å². The van der Waals surface area contributed by atoms with Crippen molar-refractivity contribution in [3.8, 4) is 16.9 Å². The zero-order valence-corrected chi connectivity index (χ0v) is 17.9. The number of ether oxygens (including phenoxy) is 1. The van der Waals surface area contributed by atoms with Gasteiger partial charge in [0.15, 0.2) is 23.2 Å². The summed E-state index contributed by atoms with van der Waals surface area (Å²) in [6.07, 6.45) is 3.14. The molecular weight excluding hydrogens is 397 g/mol. The van der Waals surface area contributed by atoms with Crippen molar-refractivity contribution in [2.24, 2.45) is 0 Å². The van der Waals surface area contributed by atoms with Crippen molar-refractivity contribution in [2.45, 2.75) is 51.4 Å². The Kier molecular flexibility index (Phi) is 6.35. The van der Waals surface area contributed by atoms with Gasteiger partial charge in [-0.3, -0.25) is 0 Å². The minimum Gasteiger partial charge on any atom is -0.491 e. The fraction of sp³-hybridized carbons (Fsp3) is 0.333. The van der Waals surface area contributed by atoms with Crippen molar-refractivity contribution in [1.82, 2.24) is 0 Å². The molecule has 0 radical (unpaired) electrons. The topological polar surface area (TPSA) is 9.23 Å². The van der Waals surface area contributed by atoms with Crippen molar-refractivity contribution in [1.29, 1.82) is 0 Å². The van der Waals surface area contributed by atoms with E-state index in [1.54, 1.807) is 24.3 Å². The zero-order valence-electron chi connectivity index (χ0n) is 17.9. The molecule has 0 N–H and O–H groups in total. The third kappa shape index (κ3) is 4.48. The van der Waals surface area contributed by atoms with Gasteiger partial charge in [-0.15, -0.1) is 0 Å². The molecule has 0 aliphatic heterocycles. The summed E-state index contributed by atoms with van der Waals surface area (Å²) in [4.78, 5) is 0. The van der Waals surface area contributed by atoms with Crippen molar-refractivity contribution in [3.63, 3.8) is 0 Å². The van der Waals surface area contributed by atoms with Crippen molar-refractivity contribution in [2.75, 3.05) is 6.61 Å². The molecule has 0 unspecified atom stereocenters. The third-order valence-corrected chi connectivity index (χ3v) is 6.37. The summed E-state index contributed by atoms with van der Waals surface area (Å²) < 4.78 is 49.3. The molecule has 0 atom stereocenters. The molecule has 1 aliphatic rings. The van der Waals surface area contributed by atoms with Crippen LogP contribution in [0.2, 0.25) is 0 Å². The number of rotatable bonds is 5. The lowest BCUT2D eigenvalue weighted by atomic mass is 9.76. The Balaban J connectivity index is 1.48. The molecule has 162 valence electrons. The average molecular weight is 425 g/mol. The fourth-order valence-corrected chi connectivity index (χ4v) is 4.62. The molecule has 1 aliphatic carbocycles. The lowest BCUT2D eigenvalue weighted by Crippen LogP contribution is -2.14. The van der Waals surface area contributed by atoms with Gasteiger partial charge in [0, 0.05) is 5.56 Å². The average Bonchev–Trinajstić information content (AvgIpc) is 2.78. The highest BCUT2D eigenvalue weighted by Crippen LogP contribution is 2.42. The monoisotopic (exact) mass is 424 g/mol. The molecule has 4 heteroatoms. The van der Waals surface area contributed by atoms with Gasteiger partial charge < -0.3 is 4.74 Å². The van der Waals surface area contributed by atoms with E-state index >= 15 is 0 Å². The van der Waals surface area contributed by atoms with Gasteiger partial charge in [-0.25, -0.2) is 13.2 Å². The van der Waals surface area contributed by atoms with Gasteiger partial charge >= 0.3 is 0 Å². The molecule has 0 aromatic heterocycles. The normalized spacial score (nSPS) is 18.7. The summed E-state index contributed by atoms with van der Waals surface area (Å²) >= 11 is 0. The predicted octanol–water partition coefficient (Wildman–Crippen LogP) is 7.92. The lowest BCUT2D eigenvalue weighted by Gasteiger charge is -2.29. The summed E-state index contributed by atoms with van der Waals surface area (Å²) in [5.41, 5.74) is 3.44. The van der Waals surface area contributed by atoms with Crippen LogP contribution in [0.15, 0.2) is 54.6 Å². The highest BCUT2D eigenvalue weighted by Gasteiger charge is 2.27. The second-order valence-electron chi connectivity index (χ2n) is 8.37. The van der Waals surface area contributed by atoms with Gasteiger partial charge in [-0.05, 0) is 80.2 Å². The van der Waals surface area contributed by atoms with Crippen LogP contribution in [0.1, 0.15) is 61.1 Å². The second-order valence-corrected chi connectivity index (χ2v) is 8.37. The Bertz CT molecular complexity index is 1050. The molecule has 3 aromatic carbocycles. The molecule has 3 aromatic rings. The highest BCUT2D eigenvalue weighted by molar-refractivity contribution is 5.65. The minimum absolute atomic E-state index is 0.0228. The number of hydrogen-bond acceptors (Lipinski definition) is 1. The van der Waals surface area contributed by atoms with Gasteiger partial charge in [0.1, 0.15) is 0 Å².